The van der Waals surface area contributed by atoms with E-state index in [1.807, 2.05) is 19.9 Å². The highest BCUT2D eigenvalue weighted by Crippen LogP contribution is 2.59. The van der Waals surface area contributed by atoms with Gasteiger partial charge in [-0.1, -0.05) is 32.0 Å². The number of rotatable bonds is 6. The second-order valence-corrected chi connectivity index (χ2v) is 5.83. The van der Waals surface area contributed by atoms with Gasteiger partial charge in [-0.25, -0.2) is 4.79 Å². The van der Waals surface area contributed by atoms with Crippen molar-refractivity contribution >= 4 is 11.9 Å². The van der Waals surface area contributed by atoms with Crippen molar-refractivity contribution in [2.75, 3.05) is 6.61 Å². The van der Waals surface area contributed by atoms with Gasteiger partial charge in [-0.05, 0) is 30.5 Å². The second kappa shape index (κ2) is 6.22. The number of carbonyl (C=O) groups is 2. The van der Waals surface area contributed by atoms with Gasteiger partial charge in [0.15, 0.2) is 0 Å². The number of carbonyl (C=O) groups excluding carboxylic acids is 1. The predicted molar refractivity (Wildman–Crippen MR) is 80.2 cm³/mol. The summed E-state index contributed by atoms with van der Waals surface area (Å²) >= 11 is 0. The molecule has 1 aromatic carbocycles. The van der Waals surface area contributed by atoms with Crippen LogP contribution in [0.3, 0.4) is 0 Å². The molecular weight excluding hydrogens is 284 g/mol. The minimum absolute atomic E-state index is 0.0369. The molecule has 0 unspecified atom stereocenters. The third kappa shape index (κ3) is 3.30. The fourth-order valence-electron chi connectivity index (χ4n) is 2.58. The van der Waals surface area contributed by atoms with Crippen LogP contribution in [0.2, 0.25) is 0 Å². The molecule has 0 amide bonds. The van der Waals surface area contributed by atoms with E-state index in [0.717, 1.165) is 0 Å². The molecular formula is C17H20O5. The monoisotopic (exact) mass is 304 g/mol. The third-order valence-electron chi connectivity index (χ3n) is 3.96. The van der Waals surface area contributed by atoms with Crippen LogP contribution in [-0.4, -0.2) is 23.7 Å². The lowest BCUT2D eigenvalue weighted by molar-refractivity contribution is -0.141. The summed E-state index contributed by atoms with van der Waals surface area (Å²) in [7, 11) is 0. The van der Waals surface area contributed by atoms with Gasteiger partial charge in [-0.15, -0.1) is 0 Å². The number of esters is 1. The molecule has 0 spiro atoms. The van der Waals surface area contributed by atoms with Gasteiger partial charge in [0, 0.05) is 5.92 Å². The molecule has 118 valence electrons. The summed E-state index contributed by atoms with van der Waals surface area (Å²) in [5.41, 5.74) is -0.399. The topological polar surface area (TPSA) is 72.8 Å². The number of hydrogen-bond acceptors (Lipinski definition) is 4. The lowest BCUT2D eigenvalue weighted by atomic mass is 10.1. The lowest BCUT2D eigenvalue weighted by Crippen LogP contribution is -2.13. The Bertz CT molecular complexity index is 588. The van der Waals surface area contributed by atoms with Crippen LogP contribution in [0.4, 0.5) is 0 Å². The zero-order valence-electron chi connectivity index (χ0n) is 12.9. The summed E-state index contributed by atoms with van der Waals surface area (Å²) in [6, 6.07) is 8.86. The zero-order valence-corrected chi connectivity index (χ0v) is 12.9. The molecule has 2 rings (SSSR count). The maximum absolute atomic E-state index is 12.0. The smallest absolute Gasteiger partial charge is 0.373 e. The number of carboxylic acids is 1. The molecule has 1 aromatic rings. The standard InChI is InChI=1S/C17H20O5/c1-4-21-16(20)13(22-11-8-6-5-7-9-11)10-12-14(15(18)19)17(12,2)3/h5-10,12,14H,4H2,1-3H3,(H,18,19)/t12-,14+/m0/s1. The van der Waals surface area contributed by atoms with Gasteiger partial charge in [-0.2, -0.15) is 0 Å². The molecule has 0 radical (unpaired) electrons. The maximum atomic E-state index is 12.0. The van der Waals surface area contributed by atoms with Crippen molar-refractivity contribution in [2.45, 2.75) is 20.8 Å². The molecule has 2 atom stereocenters. The van der Waals surface area contributed by atoms with Crippen LogP contribution in [0.25, 0.3) is 0 Å². The molecule has 0 aliphatic heterocycles. The van der Waals surface area contributed by atoms with Crippen molar-refractivity contribution < 1.29 is 24.2 Å². The van der Waals surface area contributed by atoms with Gasteiger partial charge in [0.25, 0.3) is 0 Å². The highest BCUT2D eigenvalue weighted by Gasteiger charge is 2.61. The Kier molecular flexibility index (Phi) is 4.54. The molecule has 0 heterocycles. The van der Waals surface area contributed by atoms with Crippen LogP contribution in [0.15, 0.2) is 42.2 Å². The van der Waals surface area contributed by atoms with Gasteiger partial charge in [0.1, 0.15) is 5.75 Å². The summed E-state index contributed by atoms with van der Waals surface area (Å²) in [5.74, 6) is -1.68. The highest BCUT2D eigenvalue weighted by molar-refractivity contribution is 5.87. The first-order valence-corrected chi connectivity index (χ1v) is 7.22. The van der Waals surface area contributed by atoms with E-state index >= 15 is 0 Å². The Morgan fingerprint density at radius 3 is 2.41 bits per heavy atom. The number of ether oxygens (including phenoxy) is 2. The number of aliphatic carboxylic acids is 1. The SMILES string of the molecule is CCOC(=O)C(=C[C@H]1[C@H](C(=O)O)C1(C)C)Oc1ccccc1. The van der Waals surface area contributed by atoms with Crippen molar-refractivity contribution in [3.63, 3.8) is 0 Å². The van der Waals surface area contributed by atoms with E-state index in [2.05, 4.69) is 0 Å². The molecule has 5 nitrogen and oxygen atoms in total. The van der Waals surface area contributed by atoms with Crippen LogP contribution in [0, 0.1) is 17.3 Å². The Morgan fingerprint density at radius 2 is 1.91 bits per heavy atom. The van der Waals surface area contributed by atoms with Gasteiger partial charge >= 0.3 is 11.9 Å². The molecule has 0 saturated heterocycles. The molecule has 5 heteroatoms. The van der Waals surface area contributed by atoms with Crippen molar-refractivity contribution in [1.82, 2.24) is 0 Å². The number of para-hydroxylation sites is 1. The molecule has 22 heavy (non-hydrogen) atoms. The van der Waals surface area contributed by atoms with E-state index in [-0.39, 0.29) is 18.3 Å². The first kappa shape index (κ1) is 16.1. The zero-order chi connectivity index (χ0) is 16.3. The van der Waals surface area contributed by atoms with Crippen molar-refractivity contribution in [2.24, 2.45) is 17.3 Å². The fourth-order valence-corrected chi connectivity index (χ4v) is 2.58. The predicted octanol–water partition coefficient (Wildman–Crippen LogP) is 2.87. The minimum atomic E-state index is -0.867. The summed E-state index contributed by atoms with van der Waals surface area (Å²) in [5, 5.41) is 9.22. The molecule has 0 aromatic heterocycles. The Morgan fingerprint density at radius 1 is 1.27 bits per heavy atom. The van der Waals surface area contributed by atoms with Crippen molar-refractivity contribution in [1.29, 1.82) is 0 Å². The number of hydrogen-bond donors (Lipinski definition) is 1. The molecule has 1 aliphatic carbocycles. The quantitative estimate of drug-likeness (QED) is 0.497. The molecule has 0 bridgehead atoms. The second-order valence-electron chi connectivity index (χ2n) is 5.83. The molecule has 1 fully saturated rings. The van der Waals surface area contributed by atoms with Crippen LogP contribution >= 0.6 is 0 Å². The first-order valence-electron chi connectivity index (χ1n) is 7.22. The van der Waals surface area contributed by atoms with Gasteiger partial charge in [0.2, 0.25) is 5.76 Å². The fraction of sp³-hybridized carbons (Fsp3) is 0.412. The van der Waals surface area contributed by atoms with Crippen molar-refractivity contribution in [3.05, 3.63) is 42.2 Å². The van der Waals surface area contributed by atoms with E-state index in [1.54, 1.807) is 37.3 Å². The van der Waals surface area contributed by atoms with Crippen LogP contribution in [0.1, 0.15) is 20.8 Å². The Balaban J connectivity index is 2.24. The maximum Gasteiger partial charge on any atom is 0.373 e. The number of benzene rings is 1. The van der Waals surface area contributed by atoms with Gasteiger partial charge in [0.05, 0.1) is 12.5 Å². The van der Waals surface area contributed by atoms with E-state index in [9.17, 15) is 14.7 Å². The van der Waals surface area contributed by atoms with Crippen LogP contribution in [0.5, 0.6) is 5.75 Å². The first-order chi connectivity index (χ1) is 10.4. The Hall–Kier alpha value is -2.30. The van der Waals surface area contributed by atoms with E-state index in [0.29, 0.717) is 5.75 Å². The number of allylic oxidation sites excluding steroid dienone is 1. The summed E-state index contributed by atoms with van der Waals surface area (Å²) in [6.07, 6.45) is 1.57. The van der Waals surface area contributed by atoms with Gasteiger partial charge < -0.3 is 14.6 Å². The molecule has 1 N–H and O–H groups in total. The summed E-state index contributed by atoms with van der Waals surface area (Å²) in [4.78, 5) is 23.3. The highest BCUT2D eigenvalue weighted by atomic mass is 16.6. The normalized spacial score (nSPS) is 22.8. The Labute approximate surface area is 129 Å². The molecule has 1 aliphatic rings. The summed E-state index contributed by atoms with van der Waals surface area (Å²) < 4.78 is 10.6. The number of carboxylic acid groups (broad SMARTS) is 1. The molecule has 1 saturated carbocycles. The van der Waals surface area contributed by atoms with E-state index in [1.165, 1.54) is 0 Å². The van der Waals surface area contributed by atoms with Gasteiger partial charge in [-0.3, -0.25) is 4.79 Å². The average Bonchev–Trinajstić information content (AvgIpc) is 3.01. The largest absolute Gasteiger partial charge is 0.481 e. The van der Waals surface area contributed by atoms with Crippen LogP contribution in [-0.2, 0) is 14.3 Å². The van der Waals surface area contributed by atoms with Crippen LogP contribution < -0.4 is 4.74 Å². The van der Waals surface area contributed by atoms with E-state index < -0.39 is 23.3 Å². The average molecular weight is 304 g/mol. The summed E-state index contributed by atoms with van der Waals surface area (Å²) in [6.45, 7) is 5.65. The third-order valence-corrected chi connectivity index (χ3v) is 3.96. The van der Waals surface area contributed by atoms with Crippen molar-refractivity contribution in [3.8, 4) is 5.75 Å². The minimum Gasteiger partial charge on any atom is -0.481 e. The van der Waals surface area contributed by atoms with E-state index in [4.69, 9.17) is 9.47 Å². The lowest BCUT2D eigenvalue weighted by Gasteiger charge is -2.09.